The van der Waals surface area contributed by atoms with E-state index in [1.165, 1.54) is 0 Å². The SMILES string of the molecule is CCCCc1cc2cc(OC)cc(OC)c2o1. The van der Waals surface area contributed by atoms with E-state index in [1.807, 2.05) is 12.1 Å². The molecule has 0 saturated heterocycles. The fourth-order valence-corrected chi connectivity index (χ4v) is 1.89. The maximum Gasteiger partial charge on any atom is 0.176 e. The normalized spacial score (nSPS) is 10.8. The summed E-state index contributed by atoms with van der Waals surface area (Å²) in [5.74, 6) is 2.52. The summed E-state index contributed by atoms with van der Waals surface area (Å²) in [6.07, 6.45) is 3.27. The average Bonchev–Trinajstić information content (AvgIpc) is 2.77. The van der Waals surface area contributed by atoms with Gasteiger partial charge in [0.2, 0.25) is 0 Å². The van der Waals surface area contributed by atoms with Gasteiger partial charge in [-0.15, -0.1) is 0 Å². The first-order valence-electron chi connectivity index (χ1n) is 5.93. The molecule has 17 heavy (non-hydrogen) atoms. The zero-order chi connectivity index (χ0) is 12.3. The first-order valence-corrected chi connectivity index (χ1v) is 5.93. The average molecular weight is 234 g/mol. The van der Waals surface area contributed by atoms with Crippen molar-refractivity contribution >= 4 is 11.0 Å². The van der Waals surface area contributed by atoms with Crippen LogP contribution >= 0.6 is 0 Å². The third-order valence-corrected chi connectivity index (χ3v) is 2.84. The molecular formula is C14H18O3. The molecule has 3 heteroatoms. The Bertz CT molecular complexity index is 499. The minimum absolute atomic E-state index is 0.724. The summed E-state index contributed by atoms with van der Waals surface area (Å²) in [6, 6.07) is 5.88. The number of unbranched alkanes of at least 4 members (excludes halogenated alkanes) is 1. The molecule has 2 aromatic rings. The van der Waals surface area contributed by atoms with Crippen LogP contribution in [0.3, 0.4) is 0 Å². The van der Waals surface area contributed by atoms with Crippen LogP contribution in [0.1, 0.15) is 25.5 Å². The van der Waals surface area contributed by atoms with Crippen molar-refractivity contribution in [2.24, 2.45) is 0 Å². The van der Waals surface area contributed by atoms with E-state index in [-0.39, 0.29) is 0 Å². The summed E-state index contributed by atoms with van der Waals surface area (Å²) in [5.41, 5.74) is 0.805. The molecule has 3 nitrogen and oxygen atoms in total. The quantitative estimate of drug-likeness (QED) is 0.788. The molecule has 0 atom stereocenters. The molecule has 0 aliphatic heterocycles. The van der Waals surface area contributed by atoms with Crippen molar-refractivity contribution in [2.45, 2.75) is 26.2 Å². The van der Waals surface area contributed by atoms with Crippen LogP contribution in [0.25, 0.3) is 11.0 Å². The van der Waals surface area contributed by atoms with Gasteiger partial charge in [0.05, 0.1) is 14.2 Å². The van der Waals surface area contributed by atoms with Gasteiger partial charge in [-0.25, -0.2) is 0 Å². The summed E-state index contributed by atoms with van der Waals surface area (Å²) >= 11 is 0. The lowest BCUT2D eigenvalue weighted by atomic mass is 10.2. The summed E-state index contributed by atoms with van der Waals surface area (Å²) in [5, 5.41) is 1.03. The van der Waals surface area contributed by atoms with Crippen LogP contribution in [-0.4, -0.2) is 14.2 Å². The zero-order valence-electron chi connectivity index (χ0n) is 10.6. The summed E-state index contributed by atoms with van der Waals surface area (Å²) < 4.78 is 16.4. The lowest BCUT2D eigenvalue weighted by molar-refractivity contribution is 0.391. The molecule has 0 radical (unpaired) electrons. The molecule has 0 aliphatic carbocycles. The predicted octanol–water partition coefficient (Wildman–Crippen LogP) is 3.79. The smallest absolute Gasteiger partial charge is 0.176 e. The number of ether oxygens (including phenoxy) is 2. The van der Waals surface area contributed by atoms with E-state index in [2.05, 4.69) is 13.0 Å². The van der Waals surface area contributed by atoms with E-state index in [0.717, 1.165) is 47.5 Å². The number of methoxy groups -OCH3 is 2. The molecule has 0 amide bonds. The molecule has 0 bridgehead atoms. The monoisotopic (exact) mass is 234 g/mol. The lowest BCUT2D eigenvalue weighted by Gasteiger charge is -2.04. The Balaban J connectivity index is 2.43. The van der Waals surface area contributed by atoms with E-state index < -0.39 is 0 Å². The van der Waals surface area contributed by atoms with Crippen LogP contribution in [-0.2, 0) is 6.42 Å². The third kappa shape index (κ3) is 2.38. The Labute approximate surface area is 101 Å². The molecule has 2 rings (SSSR count). The number of fused-ring (bicyclic) bond motifs is 1. The predicted molar refractivity (Wildman–Crippen MR) is 67.9 cm³/mol. The van der Waals surface area contributed by atoms with E-state index in [1.54, 1.807) is 14.2 Å². The highest BCUT2D eigenvalue weighted by atomic mass is 16.5. The Kier molecular flexibility index (Phi) is 3.57. The second-order valence-electron chi connectivity index (χ2n) is 4.06. The molecule has 1 heterocycles. The maximum atomic E-state index is 5.81. The van der Waals surface area contributed by atoms with Gasteiger partial charge in [0, 0.05) is 17.9 Å². The van der Waals surface area contributed by atoms with Crippen LogP contribution in [0, 0.1) is 0 Å². The Morgan fingerprint density at radius 1 is 1.12 bits per heavy atom. The fourth-order valence-electron chi connectivity index (χ4n) is 1.89. The van der Waals surface area contributed by atoms with Crippen molar-refractivity contribution in [1.82, 2.24) is 0 Å². The molecule has 0 saturated carbocycles. The molecule has 92 valence electrons. The number of rotatable bonds is 5. The van der Waals surface area contributed by atoms with Gasteiger partial charge in [-0.3, -0.25) is 0 Å². The molecule has 0 fully saturated rings. The van der Waals surface area contributed by atoms with E-state index in [9.17, 15) is 0 Å². The number of aryl methyl sites for hydroxylation is 1. The summed E-state index contributed by atoms with van der Waals surface area (Å²) in [4.78, 5) is 0. The first kappa shape index (κ1) is 11.8. The van der Waals surface area contributed by atoms with E-state index in [4.69, 9.17) is 13.9 Å². The highest BCUT2D eigenvalue weighted by Gasteiger charge is 2.11. The summed E-state index contributed by atoms with van der Waals surface area (Å²) in [7, 11) is 3.29. The van der Waals surface area contributed by atoms with Gasteiger partial charge in [-0.1, -0.05) is 13.3 Å². The van der Waals surface area contributed by atoms with Crippen LogP contribution < -0.4 is 9.47 Å². The van der Waals surface area contributed by atoms with Gasteiger partial charge in [-0.2, -0.15) is 0 Å². The second kappa shape index (κ2) is 5.13. The molecule has 0 spiro atoms. The molecule has 1 aromatic carbocycles. The topological polar surface area (TPSA) is 31.6 Å². The van der Waals surface area contributed by atoms with Crippen molar-refractivity contribution in [3.05, 3.63) is 24.0 Å². The first-order chi connectivity index (χ1) is 8.28. The van der Waals surface area contributed by atoms with Crippen molar-refractivity contribution < 1.29 is 13.9 Å². The zero-order valence-corrected chi connectivity index (χ0v) is 10.6. The Morgan fingerprint density at radius 2 is 1.94 bits per heavy atom. The van der Waals surface area contributed by atoms with Gasteiger partial charge >= 0.3 is 0 Å². The minimum atomic E-state index is 0.724. The minimum Gasteiger partial charge on any atom is -0.497 e. The third-order valence-electron chi connectivity index (χ3n) is 2.84. The highest BCUT2D eigenvalue weighted by Crippen LogP contribution is 2.33. The largest absolute Gasteiger partial charge is 0.497 e. The molecule has 0 N–H and O–H groups in total. The summed E-state index contributed by atoms with van der Waals surface area (Å²) in [6.45, 7) is 2.17. The molecule has 1 aromatic heterocycles. The van der Waals surface area contributed by atoms with Crippen molar-refractivity contribution in [1.29, 1.82) is 0 Å². The van der Waals surface area contributed by atoms with Crippen LogP contribution in [0.5, 0.6) is 11.5 Å². The highest BCUT2D eigenvalue weighted by molar-refractivity contribution is 5.85. The number of furan rings is 1. The number of hydrogen-bond donors (Lipinski definition) is 0. The van der Waals surface area contributed by atoms with Crippen LogP contribution in [0.2, 0.25) is 0 Å². The maximum absolute atomic E-state index is 5.81. The van der Waals surface area contributed by atoms with Crippen molar-refractivity contribution in [2.75, 3.05) is 14.2 Å². The van der Waals surface area contributed by atoms with Gasteiger partial charge in [-0.05, 0) is 18.6 Å². The lowest BCUT2D eigenvalue weighted by Crippen LogP contribution is -1.86. The van der Waals surface area contributed by atoms with Gasteiger partial charge in [0.1, 0.15) is 11.5 Å². The van der Waals surface area contributed by atoms with Crippen molar-refractivity contribution in [3.8, 4) is 11.5 Å². The molecule has 0 aliphatic rings. The van der Waals surface area contributed by atoms with Gasteiger partial charge in [0.25, 0.3) is 0 Å². The van der Waals surface area contributed by atoms with Gasteiger partial charge in [0.15, 0.2) is 11.3 Å². The van der Waals surface area contributed by atoms with E-state index in [0.29, 0.717) is 0 Å². The fraction of sp³-hybridized carbons (Fsp3) is 0.429. The van der Waals surface area contributed by atoms with Crippen LogP contribution in [0.4, 0.5) is 0 Å². The van der Waals surface area contributed by atoms with Crippen molar-refractivity contribution in [3.63, 3.8) is 0 Å². The second-order valence-corrected chi connectivity index (χ2v) is 4.06. The standard InChI is InChI=1S/C14H18O3/c1-4-5-6-11-7-10-8-12(15-2)9-13(16-3)14(10)17-11/h7-9H,4-6H2,1-3H3. The van der Waals surface area contributed by atoms with Crippen LogP contribution in [0.15, 0.2) is 22.6 Å². The number of benzene rings is 1. The van der Waals surface area contributed by atoms with Gasteiger partial charge < -0.3 is 13.9 Å². The molecular weight excluding hydrogens is 216 g/mol. The Hall–Kier alpha value is -1.64. The molecule has 0 unspecified atom stereocenters. The van der Waals surface area contributed by atoms with E-state index >= 15 is 0 Å². The Morgan fingerprint density at radius 3 is 2.59 bits per heavy atom. The number of hydrogen-bond acceptors (Lipinski definition) is 3.